The number of nitrogens with zero attached hydrogens (tertiary/aromatic N) is 2. The van der Waals surface area contributed by atoms with E-state index in [-0.39, 0.29) is 5.91 Å². The van der Waals surface area contributed by atoms with E-state index in [1.165, 1.54) is 5.56 Å². The summed E-state index contributed by atoms with van der Waals surface area (Å²) in [7, 11) is 6.13. The summed E-state index contributed by atoms with van der Waals surface area (Å²) in [5, 5.41) is 0. The van der Waals surface area contributed by atoms with Gasteiger partial charge in [-0.15, -0.1) is 0 Å². The average Bonchev–Trinajstić information content (AvgIpc) is 2.71. The van der Waals surface area contributed by atoms with Gasteiger partial charge in [-0.05, 0) is 62.2 Å². The van der Waals surface area contributed by atoms with E-state index in [0.29, 0.717) is 5.92 Å². The van der Waals surface area contributed by atoms with Gasteiger partial charge in [0.2, 0.25) is 0 Å². The van der Waals surface area contributed by atoms with E-state index in [4.69, 9.17) is 0 Å². The molecule has 0 N–H and O–H groups in total. The average molecular weight is 322 g/mol. The van der Waals surface area contributed by atoms with Gasteiger partial charge in [0.1, 0.15) is 0 Å². The Labute approximate surface area is 144 Å². The molecule has 0 aliphatic carbocycles. The van der Waals surface area contributed by atoms with Crippen LogP contribution in [0.4, 0.5) is 0 Å². The summed E-state index contributed by atoms with van der Waals surface area (Å²) in [4.78, 5) is 16.9. The van der Waals surface area contributed by atoms with Gasteiger partial charge >= 0.3 is 0 Å². The molecule has 0 bridgehead atoms. The number of benzene rings is 2. The molecule has 2 aromatic rings. The lowest BCUT2D eigenvalue weighted by Gasteiger charge is -2.21. The summed E-state index contributed by atoms with van der Waals surface area (Å²) in [5.74, 6) is 0.667. The molecule has 3 heteroatoms. The maximum atomic E-state index is 12.8. The molecule has 1 aliphatic rings. The van der Waals surface area contributed by atoms with Gasteiger partial charge in [0.25, 0.3) is 5.91 Å². The van der Waals surface area contributed by atoms with Crippen molar-refractivity contribution < 1.29 is 4.79 Å². The molecule has 1 amide bonds. The Bertz CT molecular complexity index is 709. The van der Waals surface area contributed by atoms with E-state index in [1.54, 1.807) is 0 Å². The predicted octanol–water partition coefficient (Wildman–Crippen LogP) is 3.55. The number of hydrogen-bond donors (Lipinski definition) is 0. The Morgan fingerprint density at radius 3 is 2.54 bits per heavy atom. The third-order valence-corrected chi connectivity index (χ3v) is 4.82. The van der Waals surface area contributed by atoms with Crippen LogP contribution in [0.25, 0.3) is 11.1 Å². The molecular formula is C21H26N2O. The lowest BCUT2D eigenvalue weighted by atomic mass is 9.92. The van der Waals surface area contributed by atoms with Crippen LogP contribution in [0.5, 0.6) is 0 Å². The monoisotopic (exact) mass is 322 g/mol. The smallest absolute Gasteiger partial charge is 0.253 e. The van der Waals surface area contributed by atoms with E-state index in [2.05, 4.69) is 49.3 Å². The van der Waals surface area contributed by atoms with Crippen molar-refractivity contribution in [3.05, 3.63) is 59.7 Å². The highest BCUT2D eigenvalue weighted by Gasteiger charge is 2.25. The molecular weight excluding hydrogens is 296 g/mol. The van der Waals surface area contributed by atoms with E-state index >= 15 is 0 Å². The van der Waals surface area contributed by atoms with Gasteiger partial charge in [-0.25, -0.2) is 0 Å². The van der Waals surface area contributed by atoms with Crippen LogP contribution in [0.3, 0.4) is 0 Å². The maximum absolute atomic E-state index is 12.8. The molecule has 2 aromatic carbocycles. The minimum atomic E-state index is 0.148. The van der Waals surface area contributed by atoms with Crippen molar-refractivity contribution in [2.24, 2.45) is 5.92 Å². The van der Waals surface area contributed by atoms with E-state index in [9.17, 15) is 4.79 Å². The molecule has 3 nitrogen and oxygen atoms in total. The van der Waals surface area contributed by atoms with E-state index < -0.39 is 0 Å². The second-order valence-corrected chi connectivity index (χ2v) is 7.09. The second-order valence-electron chi connectivity index (χ2n) is 7.09. The summed E-state index contributed by atoms with van der Waals surface area (Å²) in [6.07, 6.45) is 2.10. The van der Waals surface area contributed by atoms with Crippen molar-refractivity contribution in [3.63, 3.8) is 0 Å². The van der Waals surface area contributed by atoms with Crippen LogP contribution in [-0.2, 0) is 6.42 Å². The first-order valence-electron chi connectivity index (χ1n) is 8.63. The standard InChI is InChI=1S/C21H26N2O/c1-22(2)12-11-16-13-19-10-9-18(17-7-5-4-6-8-17)14-20(19)21(24)23(3)15-16/h4-10,14,16H,11-13,15H2,1-3H3. The molecule has 1 unspecified atom stereocenters. The minimum Gasteiger partial charge on any atom is -0.341 e. The van der Waals surface area contributed by atoms with Gasteiger partial charge in [-0.2, -0.15) is 0 Å². The molecule has 0 saturated carbocycles. The molecule has 24 heavy (non-hydrogen) atoms. The summed E-state index contributed by atoms with van der Waals surface area (Å²) < 4.78 is 0. The predicted molar refractivity (Wildman–Crippen MR) is 99.2 cm³/mol. The fourth-order valence-corrected chi connectivity index (χ4v) is 3.45. The van der Waals surface area contributed by atoms with Gasteiger partial charge in [0, 0.05) is 19.2 Å². The largest absolute Gasteiger partial charge is 0.341 e. The van der Waals surface area contributed by atoms with Crippen molar-refractivity contribution in [1.29, 1.82) is 0 Å². The number of rotatable bonds is 4. The molecule has 1 heterocycles. The summed E-state index contributed by atoms with van der Waals surface area (Å²) >= 11 is 0. The van der Waals surface area contributed by atoms with Gasteiger partial charge in [-0.3, -0.25) is 4.79 Å². The molecule has 0 spiro atoms. The minimum absolute atomic E-state index is 0.148. The zero-order valence-electron chi connectivity index (χ0n) is 14.8. The first kappa shape index (κ1) is 16.7. The quantitative estimate of drug-likeness (QED) is 0.859. The summed E-state index contributed by atoms with van der Waals surface area (Å²) in [5.41, 5.74) is 4.32. The van der Waals surface area contributed by atoms with Crippen molar-refractivity contribution >= 4 is 5.91 Å². The Morgan fingerprint density at radius 2 is 1.83 bits per heavy atom. The SMILES string of the molecule is CN(C)CCC1Cc2ccc(-c3ccccc3)cc2C(=O)N(C)C1. The molecule has 0 aromatic heterocycles. The number of carbonyl (C=O) groups is 1. The highest BCUT2D eigenvalue weighted by Crippen LogP contribution is 2.28. The Morgan fingerprint density at radius 1 is 1.08 bits per heavy atom. The molecule has 126 valence electrons. The van der Waals surface area contributed by atoms with Crippen LogP contribution >= 0.6 is 0 Å². The molecule has 0 radical (unpaired) electrons. The van der Waals surface area contributed by atoms with Crippen LogP contribution in [-0.4, -0.2) is 49.9 Å². The Kier molecular flexibility index (Phi) is 5.00. The Hall–Kier alpha value is -2.13. The van der Waals surface area contributed by atoms with E-state index in [0.717, 1.165) is 42.6 Å². The van der Waals surface area contributed by atoms with Gasteiger partial charge < -0.3 is 9.80 Å². The van der Waals surface area contributed by atoms with Crippen molar-refractivity contribution in [1.82, 2.24) is 9.80 Å². The first-order valence-corrected chi connectivity index (χ1v) is 8.63. The molecule has 1 atom stereocenters. The van der Waals surface area contributed by atoms with Crippen LogP contribution in [0.1, 0.15) is 22.3 Å². The van der Waals surface area contributed by atoms with Gasteiger partial charge in [0.05, 0.1) is 0 Å². The Balaban J connectivity index is 1.91. The van der Waals surface area contributed by atoms with Gasteiger partial charge in [0.15, 0.2) is 0 Å². The van der Waals surface area contributed by atoms with Crippen LogP contribution < -0.4 is 0 Å². The molecule has 1 aliphatic heterocycles. The summed E-state index contributed by atoms with van der Waals surface area (Å²) in [6, 6.07) is 16.6. The lowest BCUT2D eigenvalue weighted by molar-refractivity contribution is 0.0779. The second kappa shape index (κ2) is 7.18. The topological polar surface area (TPSA) is 23.6 Å². The fraction of sp³-hybridized carbons (Fsp3) is 0.381. The van der Waals surface area contributed by atoms with Crippen LogP contribution in [0, 0.1) is 5.92 Å². The molecule has 3 rings (SSSR count). The fourth-order valence-electron chi connectivity index (χ4n) is 3.45. The number of fused-ring (bicyclic) bond motifs is 1. The van der Waals surface area contributed by atoms with Crippen LogP contribution in [0.2, 0.25) is 0 Å². The normalized spacial score (nSPS) is 17.8. The third-order valence-electron chi connectivity index (χ3n) is 4.82. The summed E-state index contributed by atoms with van der Waals surface area (Å²) in [6.45, 7) is 1.89. The van der Waals surface area contributed by atoms with Gasteiger partial charge in [-0.1, -0.05) is 42.5 Å². The third kappa shape index (κ3) is 3.68. The molecule has 0 fully saturated rings. The number of carbonyl (C=O) groups excluding carboxylic acids is 1. The maximum Gasteiger partial charge on any atom is 0.253 e. The van der Waals surface area contributed by atoms with Crippen molar-refractivity contribution in [2.75, 3.05) is 34.2 Å². The first-order chi connectivity index (χ1) is 11.5. The van der Waals surface area contributed by atoms with Crippen LogP contribution in [0.15, 0.2) is 48.5 Å². The van der Waals surface area contributed by atoms with Crippen molar-refractivity contribution in [3.8, 4) is 11.1 Å². The number of hydrogen-bond acceptors (Lipinski definition) is 2. The van der Waals surface area contributed by atoms with E-state index in [1.807, 2.05) is 30.1 Å². The zero-order valence-corrected chi connectivity index (χ0v) is 14.8. The van der Waals surface area contributed by atoms with Crippen molar-refractivity contribution in [2.45, 2.75) is 12.8 Å². The number of amides is 1. The zero-order chi connectivity index (χ0) is 17.1. The molecule has 0 saturated heterocycles. The lowest BCUT2D eigenvalue weighted by Crippen LogP contribution is -2.31. The highest BCUT2D eigenvalue weighted by molar-refractivity contribution is 5.97. The highest BCUT2D eigenvalue weighted by atomic mass is 16.2.